The molecule has 2 rings (SSSR count). The summed E-state index contributed by atoms with van der Waals surface area (Å²) >= 11 is 0. The smallest absolute Gasteiger partial charge is 0.137 e. The van der Waals surface area contributed by atoms with Gasteiger partial charge in [-0.3, -0.25) is 4.90 Å². The number of aliphatic hydroxyl groups excluding tert-OH is 1. The van der Waals surface area contributed by atoms with Gasteiger partial charge in [0.25, 0.3) is 0 Å². The van der Waals surface area contributed by atoms with Crippen LogP contribution in [0.1, 0.15) is 18.7 Å². The maximum atomic E-state index is 9.38. The van der Waals surface area contributed by atoms with E-state index in [9.17, 15) is 5.11 Å². The zero-order valence-corrected chi connectivity index (χ0v) is 8.97. The molecule has 15 heavy (non-hydrogen) atoms. The molecule has 1 heterocycles. The Labute approximate surface area is 90.3 Å². The number of nitrogens with zero attached hydrogens (tertiary/aromatic N) is 1. The Kier molecular flexibility index (Phi) is 3.36. The van der Waals surface area contributed by atoms with E-state index in [1.807, 2.05) is 18.2 Å². The molecule has 1 saturated heterocycles. The number of aliphatic hydroxyl groups is 1. The van der Waals surface area contributed by atoms with Crippen LogP contribution in [0.5, 0.6) is 0 Å². The van der Waals surface area contributed by atoms with Crippen LogP contribution in [-0.4, -0.2) is 35.8 Å². The van der Waals surface area contributed by atoms with Crippen LogP contribution in [0.25, 0.3) is 0 Å². The largest absolute Gasteiger partial charge is 0.392 e. The first-order valence-electron chi connectivity index (χ1n) is 5.36. The number of ether oxygens (including phenoxy) is 1. The third-order valence-corrected chi connectivity index (χ3v) is 2.57. The first kappa shape index (κ1) is 10.6. The lowest BCUT2D eigenvalue weighted by Crippen LogP contribution is -2.31. The van der Waals surface area contributed by atoms with Crippen molar-refractivity contribution in [2.24, 2.45) is 0 Å². The van der Waals surface area contributed by atoms with Crippen LogP contribution >= 0.6 is 0 Å². The summed E-state index contributed by atoms with van der Waals surface area (Å²) in [6.45, 7) is 4.11. The minimum atomic E-state index is -0.307. The summed E-state index contributed by atoms with van der Waals surface area (Å²) in [5, 5.41) is 9.38. The van der Waals surface area contributed by atoms with Crippen LogP contribution in [0.4, 0.5) is 0 Å². The molecular weight excluding hydrogens is 190 g/mol. The van der Waals surface area contributed by atoms with Crippen LogP contribution in [0.15, 0.2) is 30.3 Å². The molecule has 0 bridgehead atoms. The van der Waals surface area contributed by atoms with E-state index in [0.29, 0.717) is 6.54 Å². The molecule has 1 N–H and O–H groups in total. The monoisotopic (exact) mass is 207 g/mol. The van der Waals surface area contributed by atoms with E-state index < -0.39 is 0 Å². The van der Waals surface area contributed by atoms with E-state index in [2.05, 4.69) is 17.0 Å². The quantitative estimate of drug-likeness (QED) is 0.813. The van der Waals surface area contributed by atoms with Gasteiger partial charge in [0.2, 0.25) is 0 Å². The molecule has 0 saturated carbocycles. The molecule has 1 fully saturated rings. The summed E-state index contributed by atoms with van der Waals surface area (Å²) in [7, 11) is 0. The second-order valence-electron chi connectivity index (χ2n) is 3.98. The molecule has 1 aliphatic rings. The van der Waals surface area contributed by atoms with Crippen LogP contribution in [-0.2, 0) is 4.74 Å². The predicted molar refractivity (Wildman–Crippen MR) is 58.4 cm³/mol. The van der Waals surface area contributed by atoms with Gasteiger partial charge in [-0.1, -0.05) is 30.3 Å². The fourth-order valence-electron chi connectivity index (χ4n) is 1.96. The predicted octanol–water partition coefficient (Wildman–Crippen LogP) is 1.40. The van der Waals surface area contributed by atoms with Crippen LogP contribution in [0, 0.1) is 0 Å². The summed E-state index contributed by atoms with van der Waals surface area (Å²) in [5.41, 5.74) is 1.16. The molecule has 1 aromatic rings. The summed E-state index contributed by atoms with van der Waals surface area (Å²) < 4.78 is 5.67. The second kappa shape index (κ2) is 4.75. The summed E-state index contributed by atoms with van der Waals surface area (Å²) in [6, 6.07) is 10.1. The average molecular weight is 207 g/mol. The van der Waals surface area contributed by atoms with Crippen molar-refractivity contribution in [1.29, 1.82) is 0 Å². The van der Waals surface area contributed by atoms with Crippen molar-refractivity contribution < 1.29 is 9.84 Å². The first-order valence-corrected chi connectivity index (χ1v) is 5.36. The number of β-amino-alcohol motifs (C(OH)–C–C–N with tert-alkyl or cyclic N) is 1. The zero-order chi connectivity index (χ0) is 10.7. The summed E-state index contributed by atoms with van der Waals surface area (Å²) in [4.78, 5) is 2.17. The Morgan fingerprint density at radius 2 is 2.20 bits per heavy atom. The van der Waals surface area contributed by atoms with Crippen molar-refractivity contribution >= 4 is 0 Å². The third-order valence-electron chi connectivity index (χ3n) is 2.57. The molecule has 3 heteroatoms. The lowest BCUT2D eigenvalue weighted by Gasteiger charge is -2.24. The maximum Gasteiger partial charge on any atom is 0.137 e. The minimum absolute atomic E-state index is 0.0146. The lowest BCUT2D eigenvalue weighted by atomic mass is 10.2. The molecule has 3 nitrogen and oxygen atoms in total. The van der Waals surface area contributed by atoms with Gasteiger partial charge in [-0.05, 0) is 12.5 Å². The van der Waals surface area contributed by atoms with Gasteiger partial charge in [0.1, 0.15) is 6.23 Å². The summed E-state index contributed by atoms with van der Waals surface area (Å²) in [6.07, 6.45) is -0.293. The molecule has 0 aliphatic carbocycles. The molecule has 2 unspecified atom stereocenters. The Balaban J connectivity index is 2.08. The van der Waals surface area contributed by atoms with Gasteiger partial charge in [0, 0.05) is 13.1 Å². The van der Waals surface area contributed by atoms with E-state index >= 15 is 0 Å². The molecule has 1 aliphatic heterocycles. The number of rotatable bonds is 3. The highest BCUT2D eigenvalue weighted by Crippen LogP contribution is 2.26. The Hall–Kier alpha value is -0.900. The number of hydrogen-bond donors (Lipinski definition) is 1. The summed E-state index contributed by atoms with van der Waals surface area (Å²) in [5.74, 6) is 0. The van der Waals surface area contributed by atoms with E-state index in [1.165, 1.54) is 0 Å². The maximum absolute atomic E-state index is 9.38. The lowest BCUT2D eigenvalue weighted by molar-refractivity contribution is 0.0125. The van der Waals surface area contributed by atoms with Crippen molar-refractivity contribution in [1.82, 2.24) is 4.90 Å². The normalized spacial score (nSPS) is 24.3. The van der Waals surface area contributed by atoms with Gasteiger partial charge < -0.3 is 9.84 Å². The van der Waals surface area contributed by atoms with Gasteiger partial charge in [0.05, 0.1) is 12.7 Å². The van der Waals surface area contributed by atoms with Crippen molar-refractivity contribution in [3.8, 4) is 0 Å². The molecule has 0 spiro atoms. The van der Waals surface area contributed by atoms with Crippen molar-refractivity contribution in [2.45, 2.75) is 19.3 Å². The number of hydrogen-bond acceptors (Lipinski definition) is 3. The molecule has 0 aromatic heterocycles. The highest BCUT2D eigenvalue weighted by molar-refractivity contribution is 5.17. The topological polar surface area (TPSA) is 32.7 Å². The second-order valence-corrected chi connectivity index (χ2v) is 3.98. The molecule has 0 amide bonds. The third kappa shape index (κ3) is 2.56. The molecule has 0 radical (unpaired) electrons. The first-order chi connectivity index (χ1) is 7.27. The van der Waals surface area contributed by atoms with Gasteiger partial charge in [0.15, 0.2) is 0 Å². The molecule has 1 aromatic carbocycles. The van der Waals surface area contributed by atoms with Crippen molar-refractivity contribution in [3.05, 3.63) is 35.9 Å². The number of benzene rings is 1. The van der Waals surface area contributed by atoms with Crippen molar-refractivity contribution in [3.63, 3.8) is 0 Å². The molecule has 82 valence electrons. The Morgan fingerprint density at radius 1 is 1.47 bits per heavy atom. The van der Waals surface area contributed by atoms with Gasteiger partial charge in [-0.15, -0.1) is 0 Å². The molecule has 2 atom stereocenters. The fourth-order valence-corrected chi connectivity index (χ4v) is 1.96. The minimum Gasteiger partial charge on any atom is -0.392 e. The van der Waals surface area contributed by atoms with E-state index in [-0.39, 0.29) is 12.3 Å². The average Bonchev–Trinajstić information content (AvgIpc) is 2.66. The molecular formula is C12H17NO2. The Bertz CT molecular complexity index is 300. The standard InChI is InChI=1S/C12H17NO2/c1-10(14)9-13-7-8-15-12(13)11-5-3-2-4-6-11/h2-6,10,12,14H,7-9H2,1H3. The highest BCUT2D eigenvalue weighted by atomic mass is 16.5. The van der Waals surface area contributed by atoms with Crippen LogP contribution in [0.3, 0.4) is 0 Å². The zero-order valence-electron chi connectivity index (χ0n) is 8.97. The highest BCUT2D eigenvalue weighted by Gasteiger charge is 2.27. The fraction of sp³-hybridized carbons (Fsp3) is 0.500. The SMILES string of the molecule is CC(O)CN1CCOC1c1ccccc1. The van der Waals surface area contributed by atoms with E-state index in [0.717, 1.165) is 18.7 Å². The van der Waals surface area contributed by atoms with Crippen LogP contribution < -0.4 is 0 Å². The van der Waals surface area contributed by atoms with Gasteiger partial charge in [-0.2, -0.15) is 0 Å². The van der Waals surface area contributed by atoms with E-state index in [4.69, 9.17) is 4.74 Å². The van der Waals surface area contributed by atoms with E-state index in [1.54, 1.807) is 6.92 Å². The Morgan fingerprint density at radius 3 is 2.87 bits per heavy atom. The van der Waals surface area contributed by atoms with Crippen LogP contribution in [0.2, 0.25) is 0 Å². The van der Waals surface area contributed by atoms with Gasteiger partial charge in [-0.25, -0.2) is 0 Å². The van der Waals surface area contributed by atoms with Gasteiger partial charge >= 0.3 is 0 Å². The van der Waals surface area contributed by atoms with Crippen molar-refractivity contribution in [2.75, 3.05) is 19.7 Å².